The van der Waals surface area contributed by atoms with Crippen LogP contribution in [-0.4, -0.2) is 24.5 Å². The van der Waals surface area contributed by atoms with Crippen molar-refractivity contribution in [2.75, 3.05) is 6.54 Å². The van der Waals surface area contributed by atoms with Crippen molar-refractivity contribution in [3.8, 4) is 0 Å². The van der Waals surface area contributed by atoms with Gasteiger partial charge in [0.1, 0.15) is 0 Å². The summed E-state index contributed by atoms with van der Waals surface area (Å²) in [6.07, 6.45) is 6.64. The Kier molecular flexibility index (Phi) is 2.55. The first-order chi connectivity index (χ1) is 9.08. The molecule has 2 N–H and O–H groups in total. The van der Waals surface area contributed by atoms with E-state index in [9.17, 15) is 4.79 Å². The van der Waals surface area contributed by atoms with Crippen molar-refractivity contribution in [1.29, 1.82) is 0 Å². The summed E-state index contributed by atoms with van der Waals surface area (Å²) in [5.41, 5.74) is 0.102. The maximum atomic E-state index is 12.6. The number of carbonyl (C=O) groups is 1. The van der Waals surface area contributed by atoms with Crippen LogP contribution in [0.15, 0.2) is 0 Å². The fraction of sp³-hybridized carbons (Fsp3) is 0.938. The minimum absolute atomic E-state index is 0.0141. The topological polar surface area (TPSA) is 41.1 Å². The monoisotopic (exact) mass is 262 g/mol. The summed E-state index contributed by atoms with van der Waals surface area (Å²) < 4.78 is 0. The lowest BCUT2D eigenvalue weighted by atomic mass is 9.77. The molecule has 1 amide bonds. The number of fused-ring (bicyclic) bond motifs is 5. The van der Waals surface area contributed by atoms with Crippen molar-refractivity contribution < 1.29 is 4.79 Å². The summed E-state index contributed by atoms with van der Waals surface area (Å²) in [6.45, 7) is 5.44. The van der Waals surface area contributed by atoms with Gasteiger partial charge < -0.3 is 10.6 Å². The predicted octanol–water partition coefficient (Wildman–Crippen LogP) is 1.93. The molecule has 1 aliphatic heterocycles. The zero-order valence-electron chi connectivity index (χ0n) is 12.1. The van der Waals surface area contributed by atoms with Crippen molar-refractivity contribution in [2.24, 2.45) is 29.1 Å². The fourth-order valence-electron chi connectivity index (χ4n) is 5.42. The molecule has 0 spiro atoms. The molecule has 3 aliphatic carbocycles. The van der Waals surface area contributed by atoms with Gasteiger partial charge >= 0.3 is 0 Å². The molecule has 106 valence electrons. The van der Waals surface area contributed by atoms with Gasteiger partial charge in [-0.15, -0.1) is 0 Å². The van der Waals surface area contributed by atoms with Crippen LogP contribution < -0.4 is 10.6 Å². The van der Waals surface area contributed by atoms with E-state index in [1.807, 2.05) is 0 Å². The van der Waals surface area contributed by atoms with Gasteiger partial charge in [0.2, 0.25) is 5.91 Å². The number of carbonyl (C=O) groups excluding carboxylic acids is 1. The van der Waals surface area contributed by atoms with Gasteiger partial charge in [-0.25, -0.2) is 0 Å². The third-order valence-electron chi connectivity index (χ3n) is 6.43. The lowest BCUT2D eigenvalue weighted by Crippen LogP contribution is -2.56. The Morgan fingerprint density at radius 2 is 1.89 bits per heavy atom. The van der Waals surface area contributed by atoms with E-state index < -0.39 is 0 Å². The van der Waals surface area contributed by atoms with Crippen LogP contribution in [-0.2, 0) is 4.79 Å². The Bertz CT molecular complexity index is 390. The Balaban J connectivity index is 1.40. The number of hydrogen-bond acceptors (Lipinski definition) is 2. The minimum atomic E-state index is 0.0141. The third-order valence-corrected chi connectivity index (χ3v) is 6.43. The standard InChI is InChI=1S/C16H26N2O/c1-16(2)6-3-7-17-14(16)15(19)18-13-11-9-4-5-10(8-9)12(11)13/h9-14,17H,3-8H2,1-2H3,(H,18,19). The molecule has 3 heteroatoms. The lowest BCUT2D eigenvalue weighted by molar-refractivity contribution is -0.127. The molecule has 0 radical (unpaired) electrons. The minimum Gasteiger partial charge on any atom is -0.351 e. The van der Waals surface area contributed by atoms with Gasteiger partial charge in [0.15, 0.2) is 0 Å². The predicted molar refractivity (Wildman–Crippen MR) is 74.5 cm³/mol. The van der Waals surface area contributed by atoms with Crippen LogP contribution in [0.4, 0.5) is 0 Å². The summed E-state index contributed by atoms with van der Waals surface area (Å²) in [7, 11) is 0. The average Bonchev–Trinajstić information content (AvgIpc) is 2.77. The van der Waals surface area contributed by atoms with Crippen LogP contribution in [0.1, 0.15) is 46.0 Å². The highest BCUT2D eigenvalue weighted by atomic mass is 16.2. The van der Waals surface area contributed by atoms with Gasteiger partial charge in [-0.1, -0.05) is 13.8 Å². The highest BCUT2D eigenvalue weighted by Crippen LogP contribution is 2.65. The maximum absolute atomic E-state index is 12.6. The van der Waals surface area contributed by atoms with E-state index in [0.29, 0.717) is 6.04 Å². The van der Waals surface area contributed by atoms with E-state index in [2.05, 4.69) is 24.5 Å². The number of hydrogen-bond donors (Lipinski definition) is 2. The zero-order chi connectivity index (χ0) is 13.2. The molecule has 1 heterocycles. The first kappa shape index (κ1) is 12.2. The SMILES string of the molecule is CC1(C)CCCNC1C(=O)NC1C2C3CCC(C3)C12. The van der Waals surface area contributed by atoms with E-state index in [4.69, 9.17) is 0 Å². The van der Waals surface area contributed by atoms with E-state index in [0.717, 1.165) is 36.6 Å². The molecule has 3 saturated carbocycles. The van der Waals surface area contributed by atoms with Crippen LogP contribution in [0.3, 0.4) is 0 Å². The van der Waals surface area contributed by atoms with Crippen molar-refractivity contribution >= 4 is 5.91 Å². The number of piperidine rings is 1. The van der Waals surface area contributed by atoms with Crippen molar-refractivity contribution in [3.63, 3.8) is 0 Å². The first-order valence-electron chi connectivity index (χ1n) is 8.12. The van der Waals surface area contributed by atoms with Crippen molar-refractivity contribution in [2.45, 2.75) is 58.0 Å². The molecule has 5 atom stereocenters. The summed E-state index contributed by atoms with van der Waals surface area (Å²) in [5, 5.41) is 6.81. The summed E-state index contributed by atoms with van der Waals surface area (Å²) >= 11 is 0. The van der Waals surface area contributed by atoms with E-state index >= 15 is 0 Å². The fourth-order valence-corrected chi connectivity index (χ4v) is 5.42. The molecule has 0 aromatic heterocycles. The Morgan fingerprint density at radius 1 is 1.21 bits per heavy atom. The van der Waals surface area contributed by atoms with Gasteiger partial charge in [-0.3, -0.25) is 4.79 Å². The second-order valence-electron chi connectivity index (χ2n) is 8.00. The maximum Gasteiger partial charge on any atom is 0.237 e. The second kappa shape index (κ2) is 3.97. The van der Waals surface area contributed by atoms with Gasteiger partial charge in [0.25, 0.3) is 0 Å². The second-order valence-corrected chi connectivity index (χ2v) is 8.00. The molecular formula is C16H26N2O. The summed E-state index contributed by atoms with van der Waals surface area (Å²) in [4.78, 5) is 12.6. The van der Waals surface area contributed by atoms with Crippen molar-refractivity contribution in [3.05, 3.63) is 0 Å². The number of rotatable bonds is 2. The largest absolute Gasteiger partial charge is 0.351 e. The molecule has 4 aliphatic rings. The van der Waals surface area contributed by atoms with Crippen molar-refractivity contribution in [1.82, 2.24) is 10.6 Å². The quantitative estimate of drug-likeness (QED) is 0.798. The first-order valence-corrected chi connectivity index (χ1v) is 8.12. The molecule has 0 aromatic carbocycles. The average molecular weight is 262 g/mol. The van der Waals surface area contributed by atoms with Crippen LogP contribution >= 0.6 is 0 Å². The van der Waals surface area contributed by atoms with Crippen LogP contribution in [0.2, 0.25) is 0 Å². The van der Waals surface area contributed by atoms with Gasteiger partial charge in [0, 0.05) is 6.04 Å². The summed E-state index contributed by atoms with van der Waals surface area (Å²) in [6, 6.07) is 0.540. The van der Waals surface area contributed by atoms with Crippen LogP contribution in [0, 0.1) is 29.1 Å². The molecule has 19 heavy (non-hydrogen) atoms. The van der Waals surface area contributed by atoms with Gasteiger partial charge in [-0.2, -0.15) is 0 Å². The third kappa shape index (κ3) is 1.77. The van der Waals surface area contributed by atoms with Gasteiger partial charge in [0.05, 0.1) is 6.04 Å². The van der Waals surface area contributed by atoms with E-state index in [1.54, 1.807) is 0 Å². The molecule has 4 fully saturated rings. The molecule has 3 nitrogen and oxygen atoms in total. The highest BCUT2D eigenvalue weighted by Gasteiger charge is 2.65. The van der Waals surface area contributed by atoms with E-state index in [1.165, 1.54) is 25.7 Å². The molecule has 4 rings (SSSR count). The van der Waals surface area contributed by atoms with Crippen LogP contribution in [0.5, 0.6) is 0 Å². The molecule has 1 saturated heterocycles. The van der Waals surface area contributed by atoms with E-state index in [-0.39, 0.29) is 17.4 Å². The zero-order valence-corrected chi connectivity index (χ0v) is 12.1. The smallest absolute Gasteiger partial charge is 0.237 e. The number of nitrogens with one attached hydrogen (secondary N) is 2. The Labute approximate surface area is 115 Å². The normalized spacial score (nSPS) is 49.8. The number of amides is 1. The molecule has 0 aromatic rings. The Morgan fingerprint density at radius 3 is 2.53 bits per heavy atom. The summed E-state index contributed by atoms with van der Waals surface area (Å²) in [5.74, 6) is 3.83. The molecule has 5 unspecified atom stereocenters. The highest BCUT2D eigenvalue weighted by molar-refractivity contribution is 5.83. The molecule has 2 bridgehead atoms. The molecular weight excluding hydrogens is 236 g/mol. The lowest BCUT2D eigenvalue weighted by Gasteiger charge is -2.38. The van der Waals surface area contributed by atoms with Gasteiger partial charge in [-0.05, 0) is 67.7 Å². The Hall–Kier alpha value is -0.570. The van der Waals surface area contributed by atoms with Crippen LogP contribution in [0.25, 0.3) is 0 Å².